The number of H-pyrrole nitrogens is 1. The minimum absolute atomic E-state index is 0.209. The van der Waals surface area contributed by atoms with Crippen molar-refractivity contribution in [2.75, 3.05) is 27.2 Å². The molecule has 0 atom stereocenters. The third-order valence-corrected chi connectivity index (χ3v) is 3.50. The van der Waals surface area contributed by atoms with E-state index < -0.39 is 10.0 Å². The predicted octanol–water partition coefficient (Wildman–Crippen LogP) is -0.442. The van der Waals surface area contributed by atoms with E-state index in [1.807, 2.05) is 19.0 Å². The Labute approximate surface area is 89.7 Å². The summed E-state index contributed by atoms with van der Waals surface area (Å²) in [5.74, 6) is 0. The zero-order valence-corrected chi connectivity index (χ0v) is 9.93. The van der Waals surface area contributed by atoms with Crippen LogP contribution in [0.3, 0.4) is 0 Å². The van der Waals surface area contributed by atoms with E-state index in [1.165, 1.54) is 6.20 Å². The van der Waals surface area contributed by atoms with Gasteiger partial charge in [0.25, 0.3) is 0 Å². The van der Waals surface area contributed by atoms with Crippen molar-refractivity contribution in [3.05, 3.63) is 11.9 Å². The smallest absolute Gasteiger partial charge is 0.243 e. The lowest BCUT2D eigenvalue weighted by Gasteiger charge is -2.10. The second-order valence-corrected chi connectivity index (χ2v) is 5.30. The Balaban J connectivity index is 2.65. The fourth-order valence-corrected chi connectivity index (χ4v) is 2.25. The molecule has 0 unspecified atom stereocenters. The van der Waals surface area contributed by atoms with Crippen molar-refractivity contribution in [1.82, 2.24) is 19.8 Å². The molecule has 15 heavy (non-hydrogen) atoms. The zero-order valence-electron chi connectivity index (χ0n) is 9.11. The molecule has 6 nitrogen and oxygen atoms in total. The van der Waals surface area contributed by atoms with E-state index in [1.54, 1.807) is 6.92 Å². The highest BCUT2D eigenvalue weighted by molar-refractivity contribution is 7.89. The monoisotopic (exact) mass is 232 g/mol. The van der Waals surface area contributed by atoms with Crippen LogP contribution in [0, 0.1) is 6.92 Å². The second-order valence-electron chi connectivity index (χ2n) is 3.56. The molecule has 0 aliphatic rings. The largest absolute Gasteiger partial charge is 0.308 e. The molecule has 1 rings (SSSR count). The molecule has 0 saturated heterocycles. The first kappa shape index (κ1) is 12.2. The first-order chi connectivity index (χ1) is 6.93. The van der Waals surface area contributed by atoms with Crippen molar-refractivity contribution in [2.45, 2.75) is 11.8 Å². The van der Waals surface area contributed by atoms with Gasteiger partial charge < -0.3 is 4.90 Å². The van der Waals surface area contributed by atoms with E-state index in [0.29, 0.717) is 18.8 Å². The Morgan fingerprint density at radius 1 is 1.53 bits per heavy atom. The summed E-state index contributed by atoms with van der Waals surface area (Å²) in [6.07, 6.45) is 1.31. The second kappa shape index (κ2) is 4.73. The van der Waals surface area contributed by atoms with Crippen LogP contribution < -0.4 is 4.72 Å². The maximum Gasteiger partial charge on any atom is 0.243 e. The van der Waals surface area contributed by atoms with Gasteiger partial charge in [-0.25, -0.2) is 13.1 Å². The summed E-state index contributed by atoms with van der Waals surface area (Å²) in [7, 11) is 0.359. The van der Waals surface area contributed by atoms with Crippen LogP contribution in [0.2, 0.25) is 0 Å². The quantitative estimate of drug-likeness (QED) is 0.721. The van der Waals surface area contributed by atoms with Gasteiger partial charge in [-0.05, 0) is 21.0 Å². The van der Waals surface area contributed by atoms with Gasteiger partial charge in [-0.1, -0.05) is 0 Å². The summed E-state index contributed by atoms with van der Waals surface area (Å²) >= 11 is 0. The molecule has 2 N–H and O–H groups in total. The van der Waals surface area contributed by atoms with E-state index in [4.69, 9.17) is 0 Å². The fraction of sp³-hybridized carbons (Fsp3) is 0.625. The molecule has 0 aromatic carbocycles. The highest BCUT2D eigenvalue weighted by Crippen LogP contribution is 2.09. The molecule has 0 bridgehead atoms. The fourth-order valence-electron chi connectivity index (χ4n) is 1.09. The van der Waals surface area contributed by atoms with Crippen LogP contribution >= 0.6 is 0 Å². The Kier molecular flexibility index (Phi) is 3.83. The highest BCUT2D eigenvalue weighted by Gasteiger charge is 2.17. The number of hydrogen-bond acceptors (Lipinski definition) is 4. The Hall–Kier alpha value is -0.920. The predicted molar refractivity (Wildman–Crippen MR) is 57.1 cm³/mol. The van der Waals surface area contributed by atoms with E-state index in [-0.39, 0.29) is 4.90 Å². The Morgan fingerprint density at radius 2 is 2.20 bits per heavy atom. The van der Waals surface area contributed by atoms with Crippen LogP contribution in [0.25, 0.3) is 0 Å². The number of rotatable bonds is 5. The van der Waals surface area contributed by atoms with E-state index >= 15 is 0 Å². The zero-order chi connectivity index (χ0) is 11.5. The van der Waals surface area contributed by atoms with Crippen molar-refractivity contribution in [3.8, 4) is 0 Å². The molecular formula is C8H16N4O2S. The topological polar surface area (TPSA) is 78.1 Å². The lowest BCUT2D eigenvalue weighted by atomic mass is 10.5. The number of aromatic amines is 1. The van der Waals surface area contributed by atoms with E-state index in [2.05, 4.69) is 14.9 Å². The van der Waals surface area contributed by atoms with Crippen LogP contribution in [-0.4, -0.2) is 50.7 Å². The minimum Gasteiger partial charge on any atom is -0.308 e. The van der Waals surface area contributed by atoms with Gasteiger partial charge in [0.05, 0.1) is 11.9 Å². The molecular weight excluding hydrogens is 216 g/mol. The first-order valence-electron chi connectivity index (χ1n) is 4.58. The third kappa shape index (κ3) is 3.29. The van der Waals surface area contributed by atoms with Crippen LogP contribution in [0.4, 0.5) is 0 Å². The van der Waals surface area contributed by atoms with E-state index in [0.717, 1.165) is 0 Å². The average Bonchev–Trinajstić information content (AvgIpc) is 2.50. The summed E-state index contributed by atoms with van der Waals surface area (Å²) in [6, 6.07) is 0. The Morgan fingerprint density at radius 3 is 2.67 bits per heavy atom. The summed E-state index contributed by atoms with van der Waals surface area (Å²) in [5, 5.41) is 6.27. The normalized spacial score (nSPS) is 12.3. The molecule has 0 radical (unpaired) electrons. The average molecular weight is 232 g/mol. The van der Waals surface area contributed by atoms with Gasteiger partial charge in [0.2, 0.25) is 10.0 Å². The summed E-state index contributed by atoms with van der Waals surface area (Å²) in [5.41, 5.74) is 0.548. The van der Waals surface area contributed by atoms with E-state index in [9.17, 15) is 8.42 Å². The van der Waals surface area contributed by atoms with Crippen LogP contribution in [0.15, 0.2) is 11.1 Å². The molecule has 0 saturated carbocycles. The van der Waals surface area contributed by atoms with Crippen molar-refractivity contribution >= 4 is 10.0 Å². The summed E-state index contributed by atoms with van der Waals surface area (Å²) < 4.78 is 25.9. The number of aromatic nitrogens is 2. The number of sulfonamides is 1. The molecule has 1 aromatic rings. The van der Waals surface area contributed by atoms with Gasteiger partial charge >= 0.3 is 0 Å². The molecule has 1 aromatic heterocycles. The van der Waals surface area contributed by atoms with Gasteiger partial charge in [0, 0.05) is 13.1 Å². The number of likely N-dealkylation sites (N-methyl/N-ethyl adjacent to an activating group) is 1. The van der Waals surface area contributed by atoms with Crippen LogP contribution in [-0.2, 0) is 10.0 Å². The Bertz CT molecular complexity index is 410. The number of nitrogens with zero attached hydrogens (tertiary/aromatic N) is 2. The molecule has 1 heterocycles. The summed E-state index contributed by atoms with van der Waals surface area (Å²) in [4.78, 5) is 2.12. The van der Waals surface area contributed by atoms with Crippen molar-refractivity contribution in [3.63, 3.8) is 0 Å². The molecule has 0 aliphatic heterocycles. The van der Waals surface area contributed by atoms with Crippen molar-refractivity contribution < 1.29 is 8.42 Å². The van der Waals surface area contributed by atoms with Gasteiger partial charge in [-0.2, -0.15) is 5.10 Å². The van der Waals surface area contributed by atoms with Crippen LogP contribution in [0.1, 0.15) is 5.69 Å². The molecule has 0 fully saturated rings. The van der Waals surface area contributed by atoms with Crippen LogP contribution in [0.5, 0.6) is 0 Å². The van der Waals surface area contributed by atoms with Gasteiger partial charge in [0.15, 0.2) is 0 Å². The first-order valence-corrected chi connectivity index (χ1v) is 6.06. The van der Waals surface area contributed by atoms with Gasteiger partial charge in [-0.15, -0.1) is 0 Å². The lowest BCUT2D eigenvalue weighted by Crippen LogP contribution is -2.31. The molecule has 7 heteroatoms. The maximum absolute atomic E-state index is 11.7. The van der Waals surface area contributed by atoms with Crippen molar-refractivity contribution in [1.29, 1.82) is 0 Å². The number of aryl methyl sites for hydroxylation is 1. The lowest BCUT2D eigenvalue weighted by molar-refractivity contribution is 0.412. The third-order valence-electron chi connectivity index (χ3n) is 1.92. The number of nitrogens with one attached hydrogen (secondary N) is 2. The molecule has 0 amide bonds. The minimum atomic E-state index is -3.41. The SMILES string of the molecule is Cc1[nH]ncc1S(=O)(=O)NCCN(C)C. The molecule has 0 spiro atoms. The standard InChI is InChI=1S/C8H16N4O2S/c1-7-8(6-9-11-7)15(13,14)10-4-5-12(2)3/h6,10H,4-5H2,1-3H3,(H,9,11). The van der Waals surface area contributed by atoms with Gasteiger partial charge in [0.1, 0.15) is 4.90 Å². The highest BCUT2D eigenvalue weighted by atomic mass is 32.2. The van der Waals surface area contributed by atoms with Gasteiger partial charge in [-0.3, -0.25) is 5.10 Å². The summed E-state index contributed by atoms with van der Waals surface area (Å²) in [6.45, 7) is 2.73. The molecule has 86 valence electrons. The molecule has 0 aliphatic carbocycles. The van der Waals surface area contributed by atoms with Crippen molar-refractivity contribution in [2.24, 2.45) is 0 Å². The number of hydrogen-bond donors (Lipinski definition) is 2. The maximum atomic E-state index is 11.7.